The highest BCUT2D eigenvalue weighted by atomic mass is 19.1. The maximum atomic E-state index is 13.1. The quantitative estimate of drug-likeness (QED) is 0.821. The Morgan fingerprint density at radius 1 is 1.38 bits per heavy atom. The normalized spacial score (nSPS) is 23.2. The van der Waals surface area contributed by atoms with E-state index in [4.69, 9.17) is 10.5 Å². The number of halogens is 1. The molecule has 0 bridgehead atoms. The molecule has 0 aromatic heterocycles. The molecule has 1 aromatic carbocycles. The number of nitrogens with zero attached hydrogens (tertiary/aromatic N) is 2. The monoisotopic (exact) mass is 334 g/mol. The second-order valence-corrected chi connectivity index (χ2v) is 5.84. The Morgan fingerprint density at radius 2 is 2.12 bits per heavy atom. The number of nitrogens with two attached hydrogens (primary N) is 1. The van der Waals surface area contributed by atoms with Crippen molar-refractivity contribution >= 4 is 23.2 Å². The van der Waals surface area contributed by atoms with Gasteiger partial charge in [-0.2, -0.15) is 5.10 Å². The van der Waals surface area contributed by atoms with Crippen LogP contribution in [-0.4, -0.2) is 42.8 Å². The van der Waals surface area contributed by atoms with Crippen molar-refractivity contribution in [3.8, 4) is 0 Å². The van der Waals surface area contributed by atoms with Crippen LogP contribution >= 0.6 is 0 Å². The molecule has 0 saturated carbocycles. The molecule has 2 aliphatic heterocycles. The SMILES string of the molecule is NC(=O)[C@H]1CC(C(=O)NC[C@H]2CCCO2)=NN1c1ccc(F)cc1. The summed E-state index contributed by atoms with van der Waals surface area (Å²) in [6, 6.07) is 4.74. The molecular formula is C16H19FN4O3. The van der Waals surface area contributed by atoms with Gasteiger partial charge in [-0.25, -0.2) is 4.39 Å². The molecule has 3 rings (SSSR count). The number of primary amides is 1. The minimum atomic E-state index is -0.765. The number of anilines is 1. The Morgan fingerprint density at radius 3 is 2.75 bits per heavy atom. The number of nitrogens with one attached hydrogen (secondary N) is 1. The standard InChI is InChI=1S/C16H19FN4O3/c17-10-3-5-11(6-4-10)21-14(15(18)22)8-13(20-21)16(23)19-9-12-2-1-7-24-12/h3-6,12,14H,1-2,7-9H2,(H2,18,22)(H,19,23)/t12-,14-/m1/s1. The van der Waals surface area contributed by atoms with Crippen LogP contribution in [0.5, 0.6) is 0 Å². The molecule has 3 N–H and O–H groups in total. The summed E-state index contributed by atoms with van der Waals surface area (Å²) >= 11 is 0. The van der Waals surface area contributed by atoms with Crippen LogP contribution in [0.25, 0.3) is 0 Å². The summed E-state index contributed by atoms with van der Waals surface area (Å²) in [7, 11) is 0. The zero-order valence-electron chi connectivity index (χ0n) is 13.1. The van der Waals surface area contributed by atoms with Gasteiger partial charge >= 0.3 is 0 Å². The zero-order valence-corrected chi connectivity index (χ0v) is 13.1. The van der Waals surface area contributed by atoms with Gasteiger partial charge in [0.2, 0.25) is 5.91 Å². The van der Waals surface area contributed by atoms with Crippen LogP contribution in [0.15, 0.2) is 29.4 Å². The van der Waals surface area contributed by atoms with E-state index in [1.165, 1.54) is 29.3 Å². The minimum absolute atomic E-state index is 0.0242. The fourth-order valence-corrected chi connectivity index (χ4v) is 2.81. The number of benzene rings is 1. The summed E-state index contributed by atoms with van der Waals surface area (Å²) in [4.78, 5) is 23.9. The molecule has 0 radical (unpaired) electrons. The second kappa shape index (κ2) is 6.96. The van der Waals surface area contributed by atoms with Crippen molar-refractivity contribution < 1.29 is 18.7 Å². The third-order valence-electron chi connectivity index (χ3n) is 4.11. The molecule has 1 aromatic rings. The predicted molar refractivity (Wildman–Crippen MR) is 85.9 cm³/mol. The van der Waals surface area contributed by atoms with Crippen molar-refractivity contribution in [1.82, 2.24) is 5.32 Å². The second-order valence-electron chi connectivity index (χ2n) is 5.84. The average molecular weight is 334 g/mol. The molecule has 0 spiro atoms. The number of rotatable bonds is 5. The molecule has 24 heavy (non-hydrogen) atoms. The highest BCUT2D eigenvalue weighted by Crippen LogP contribution is 2.25. The molecule has 2 amide bonds. The van der Waals surface area contributed by atoms with Crippen molar-refractivity contribution in [2.45, 2.75) is 31.4 Å². The van der Waals surface area contributed by atoms with E-state index in [-0.39, 0.29) is 24.1 Å². The van der Waals surface area contributed by atoms with E-state index in [1.54, 1.807) is 0 Å². The molecule has 0 aliphatic carbocycles. The molecule has 2 aliphatic rings. The molecular weight excluding hydrogens is 315 g/mol. The summed E-state index contributed by atoms with van der Waals surface area (Å²) in [5, 5.41) is 8.35. The van der Waals surface area contributed by atoms with Crippen LogP contribution in [-0.2, 0) is 14.3 Å². The Kier molecular flexibility index (Phi) is 4.75. The van der Waals surface area contributed by atoms with Crippen LogP contribution < -0.4 is 16.1 Å². The highest BCUT2D eigenvalue weighted by molar-refractivity contribution is 6.40. The summed E-state index contributed by atoms with van der Waals surface area (Å²) in [5.74, 6) is -1.33. The maximum absolute atomic E-state index is 13.1. The number of carbonyl (C=O) groups excluding carboxylic acids is 2. The zero-order chi connectivity index (χ0) is 17.1. The lowest BCUT2D eigenvalue weighted by molar-refractivity contribution is -0.119. The van der Waals surface area contributed by atoms with E-state index in [0.29, 0.717) is 18.8 Å². The van der Waals surface area contributed by atoms with Gasteiger partial charge in [0.1, 0.15) is 17.6 Å². The fraction of sp³-hybridized carbons (Fsp3) is 0.438. The lowest BCUT2D eigenvalue weighted by atomic mass is 10.1. The lowest BCUT2D eigenvalue weighted by Crippen LogP contribution is -2.40. The Labute approximate surface area is 138 Å². The van der Waals surface area contributed by atoms with E-state index >= 15 is 0 Å². The third kappa shape index (κ3) is 3.53. The number of hydrogen-bond acceptors (Lipinski definition) is 5. The fourth-order valence-electron chi connectivity index (χ4n) is 2.81. The summed E-state index contributed by atoms with van der Waals surface area (Å²) in [6.45, 7) is 1.12. The predicted octanol–water partition coefficient (Wildman–Crippen LogP) is 0.541. The molecule has 0 unspecified atom stereocenters. The lowest BCUT2D eigenvalue weighted by Gasteiger charge is -2.20. The van der Waals surface area contributed by atoms with Gasteiger partial charge in [-0.3, -0.25) is 14.6 Å². The van der Waals surface area contributed by atoms with E-state index in [0.717, 1.165) is 12.8 Å². The number of amides is 2. The van der Waals surface area contributed by atoms with Crippen LogP contribution in [0.3, 0.4) is 0 Å². The van der Waals surface area contributed by atoms with E-state index in [9.17, 15) is 14.0 Å². The van der Waals surface area contributed by atoms with Crippen LogP contribution in [0.1, 0.15) is 19.3 Å². The van der Waals surface area contributed by atoms with E-state index in [2.05, 4.69) is 10.4 Å². The first kappa shape index (κ1) is 16.4. The van der Waals surface area contributed by atoms with E-state index in [1.807, 2.05) is 0 Å². The maximum Gasteiger partial charge on any atom is 0.267 e. The van der Waals surface area contributed by atoms with Gasteiger partial charge < -0.3 is 15.8 Å². The molecule has 128 valence electrons. The van der Waals surface area contributed by atoms with Crippen molar-refractivity contribution in [3.63, 3.8) is 0 Å². The summed E-state index contributed by atoms with van der Waals surface area (Å²) in [5.41, 5.74) is 6.14. The Bertz CT molecular complexity index is 656. The first-order valence-electron chi connectivity index (χ1n) is 7.86. The molecule has 2 atom stereocenters. The van der Waals surface area contributed by atoms with Gasteiger partial charge in [0.05, 0.1) is 11.8 Å². The van der Waals surface area contributed by atoms with Crippen molar-refractivity contribution in [2.24, 2.45) is 10.8 Å². The number of hydrogen-bond donors (Lipinski definition) is 2. The van der Waals surface area contributed by atoms with Crippen molar-refractivity contribution in [3.05, 3.63) is 30.1 Å². The smallest absolute Gasteiger partial charge is 0.267 e. The number of ether oxygens (including phenoxy) is 1. The van der Waals surface area contributed by atoms with Crippen molar-refractivity contribution in [2.75, 3.05) is 18.2 Å². The van der Waals surface area contributed by atoms with Gasteiger partial charge in [0, 0.05) is 19.6 Å². The van der Waals surface area contributed by atoms with Gasteiger partial charge in [-0.05, 0) is 37.1 Å². The third-order valence-corrected chi connectivity index (χ3v) is 4.11. The molecule has 2 heterocycles. The topological polar surface area (TPSA) is 97.0 Å². The van der Waals surface area contributed by atoms with Crippen molar-refractivity contribution in [1.29, 1.82) is 0 Å². The largest absolute Gasteiger partial charge is 0.376 e. The molecule has 8 heteroatoms. The summed E-state index contributed by atoms with van der Waals surface area (Å²) in [6.07, 6.45) is 2.04. The van der Waals surface area contributed by atoms with Crippen LogP contribution in [0.4, 0.5) is 10.1 Å². The number of hydrazone groups is 1. The van der Waals surface area contributed by atoms with Gasteiger partial charge in [-0.15, -0.1) is 0 Å². The number of carbonyl (C=O) groups is 2. The van der Waals surface area contributed by atoms with Gasteiger partial charge in [0.15, 0.2) is 0 Å². The molecule has 1 saturated heterocycles. The molecule has 7 nitrogen and oxygen atoms in total. The minimum Gasteiger partial charge on any atom is -0.376 e. The van der Waals surface area contributed by atoms with Gasteiger partial charge in [0.25, 0.3) is 5.91 Å². The van der Waals surface area contributed by atoms with Gasteiger partial charge in [-0.1, -0.05) is 0 Å². The Balaban J connectivity index is 1.70. The Hall–Kier alpha value is -2.48. The first-order chi connectivity index (χ1) is 11.5. The summed E-state index contributed by atoms with van der Waals surface area (Å²) < 4.78 is 18.5. The van der Waals surface area contributed by atoms with Crippen LogP contribution in [0.2, 0.25) is 0 Å². The van der Waals surface area contributed by atoms with Crippen LogP contribution in [0, 0.1) is 5.82 Å². The average Bonchev–Trinajstić information content (AvgIpc) is 3.23. The molecule has 1 fully saturated rings. The first-order valence-corrected chi connectivity index (χ1v) is 7.86. The van der Waals surface area contributed by atoms with E-state index < -0.39 is 17.8 Å². The highest BCUT2D eigenvalue weighted by Gasteiger charge is 2.35.